The van der Waals surface area contributed by atoms with E-state index < -0.39 is 0 Å². The Labute approximate surface area is 133 Å². The molecule has 0 atom stereocenters. The molecule has 0 bridgehead atoms. The summed E-state index contributed by atoms with van der Waals surface area (Å²) in [5.74, 6) is 0.764. The number of rotatable bonds is 3. The highest BCUT2D eigenvalue weighted by atomic mass is 16.5. The highest BCUT2D eigenvalue weighted by molar-refractivity contribution is 6.16. The Kier molecular flexibility index (Phi) is 3.12. The molecule has 0 amide bonds. The maximum absolute atomic E-state index is 12.9. The van der Waals surface area contributed by atoms with E-state index in [1.165, 1.54) is 0 Å². The van der Waals surface area contributed by atoms with E-state index in [4.69, 9.17) is 4.74 Å². The van der Waals surface area contributed by atoms with Gasteiger partial charge in [0, 0.05) is 22.5 Å². The van der Waals surface area contributed by atoms with Crippen LogP contribution in [0.5, 0.6) is 5.75 Å². The van der Waals surface area contributed by atoms with Gasteiger partial charge in [0.25, 0.3) is 0 Å². The summed E-state index contributed by atoms with van der Waals surface area (Å²) >= 11 is 0. The highest BCUT2D eigenvalue weighted by Crippen LogP contribution is 2.25. The number of hydrogen-bond acceptors (Lipinski definition) is 2. The van der Waals surface area contributed by atoms with Gasteiger partial charge in [-0.2, -0.15) is 0 Å². The Morgan fingerprint density at radius 3 is 2.61 bits per heavy atom. The lowest BCUT2D eigenvalue weighted by molar-refractivity contribution is 0.103. The van der Waals surface area contributed by atoms with Gasteiger partial charge < -0.3 is 9.72 Å². The zero-order chi connectivity index (χ0) is 15.8. The first-order valence-electron chi connectivity index (χ1n) is 7.45. The average Bonchev–Trinajstić information content (AvgIpc) is 3.03. The van der Waals surface area contributed by atoms with Crippen LogP contribution in [0.25, 0.3) is 21.7 Å². The van der Waals surface area contributed by atoms with Crippen molar-refractivity contribution in [3.63, 3.8) is 0 Å². The van der Waals surface area contributed by atoms with Crippen molar-refractivity contribution in [1.29, 1.82) is 0 Å². The molecule has 0 aliphatic rings. The van der Waals surface area contributed by atoms with Crippen molar-refractivity contribution in [2.45, 2.75) is 0 Å². The first-order chi connectivity index (χ1) is 11.3. The van der Waals surface area contributed by atoms with Gasteiger partial charge in [0.15, 0.2) is 0 Å². The molecule has 0 fully saturated rings. The van der Waals surface area contributed by atoms with Gasteiger partial charge in [-0.25, -0.2) is 0 Å². The molecule has 1 aromatic heterocycles. The first-order valence-corrected chi connectivity index (χ1v) is 7.45. The van der Waals surface area contributed by atoms with E-state index in [9.17, 15) is 4.79 Å². The van der Waals surface area contributed by atoms with Crippen molar-refractivity contribution < 1.29 is 9.53 Å². The summed E-state index contributed by atoms with van der Waals surface area (Å²) in [6.07, 6.45) is 0. The second-order valence-electron chi connectivity index (χ2n) is 5.49. The predicted molar refractivity (Wildman–Crippen MR) is 92.2 cm³/mol. The molecule has 112 valence electrons. The number of carbonyl (C=O) groups is 1. The van der Waals surface area contributed by atoms with Crippen LogP contribution in [0.3, 0.4) is 0 Å². The fourth-order valence-corrected chi connectivity index (χ4v) is 2.92. The van der Waals surface area contributed by atoms with Gasteiger partial charge in [0.2, 0.25) is 5.78 Å². The monoisotopic (exact) mass is 301 g/mol. The van der Waals surface area contributed by atoms with Crippen molar-refractivity contribution in [2.24, 2.45) is 0 Å². The molecule has 0 saturated heterocycles. The van der Waals surface area contributed by atoms with Gasteiger partial charge in [-0.3, -0.25) is 4.79 Å². The molecular formula is C20H15NO2. The van der Waals surface area contributed by atoms with E-state index in [1.807, 2.05) is 66.7 Å². The lowest BCUT2D eigenvalue weighted by atomic mass is 10.00. The highest BCUT2D eigenvalue weighted by Gasteiger charge is 2.15. The quantitative estimate of drug-likeness (QED) is 0.564. The third-order valence-electron chi connectivity index (χ3n) is 4.11. The SMILES string of the molecule is COc1ccc2cc(C(=O)c3cccc4ccccc34)[nH]c2c1. The van der Waals surface area contributed by atoms with Crippen molar-refractivity contribution in [3.8, 4) is 5.75 Å². The maximum Gasteiger partial charge on any atom is 0.209 e. The molecule has 3 aromatic carbocycles. The van der Waals surface area contributed by atoms with Crippen molar-refractivity contribution in [1.82, 2.24) is 4.98 Å². The van der Waals surface area contributed by atoms with E-state index >= 15 is 0 Å². The van der Waals surface area contributed by atoms with Crippen molar-refractivity contribution in [3.05, 3.63) is 78.0 Å². The number of methoxy groups -OCH3 is 1. The average molecular weight is 301 g/mol. The molecule has 3 nitrogen and oxygen atoms in total. The number of aromatic amines is 1. The minimum Gasteiger partial charge on any atom is -0.497 e. The van der Waals surface area contributed by atoms with Crippen LogP contribution in [0.4, 0.5) is 0 Å². The Morgan fingerprint density at radius 2 is 1.74 bits per heavy atom. The van der Waals surface area contributed by atoms with Gasteiger partial charge in [-0.1, -0.05) is 42.5 Å². The Bertz CT molecular complexity index is 1020. The van der Waals surface area contributed by atoms with Crippen LogP contribution in [-0.4, -0.2) is 17.9 Å². The summed E-state index contributed by atoms with van der Waals surface area (Å²) < 4.78 is 5.23. The van der Waals surface area contributed by atoms with Crippen molar-refractivity contribution in [2.75, 3.05) is 7.11 Å². The van der Waals surface area contributed by atoms with Crippen LogP contribution in [0.15, 0.2) is 66.7 Å². The molecule has 0 aliphatic heterocycles. The molecule has 3 heteroatoms. The second-order valence-corrected chi connectivity index (χ2v) is 5.49. The molecule has 0 radical (unpaired) electrons. The largest absolute Gasteiger partial charge is 0.497 e. The Balaban J connectivity index is 1.84. The first kappa shape index (κ1) is 13.6. The van der Waals surface area contributed by atoms with Crippen LogP contribution >= 0.6 is 0 Å². The lowest BCUT2D eigenvalue weighted by Gasteiger charge is -2.04. The molecule has 1 N–H and O–H groups in total. The third kappa shape index (κ3) is 2.27. The number of ether oxygens (including phenoxy) is 1. The fourth-order valence-electron chi connectivity index (χ4n) is 2.92. The van der Waals surface area contributed by atoms with E-state index in [2.05, 4.69) is 4.98 Å². The van der Waals surface area contributed by atoms with Crippen LogP contribution in [0.1, 0.15) is 16.1 Å². The van der Waals surface area contributed by atoms with E-state index in [1.54, 1.807) is 7.11 Å². The number of ketones is 1. The fraction of sp³-hybridized carbons (Fsp3) is 0.0500. The Hall–Kier alpha value is -3.07. The summed E-state index contributed by atoms with van der Waals surface area (Å²) in [5.41, 5.74) is 2.19. The maximum atomic E-state index is 12.9. The summed E-state index contributed by atoms with van der Waals surface area (Å²) in [6, 6.07) is 21.4. The molecule has 23 heavy (non-hydrogen) atoms. The molecule has 4 rings (SSSR count). The zero-order valence-electron chi connectivity index (χ0n) is 12.7. The van der Waals surface area contributed by atoms with Crippen molar-refractivity contribution >= 4 is 27.5 Å². The minimum absolute atomic E-state index is 0.00281. The van der Waals surface area contributed by atoms with Crippen LogP contribution in [0.2, 0.25) is 0 Å². The zero-order valence-corrected chi connectivity index (χ0v) is 12.7. The number of H-pyrrole nitrogens is 1. The third-order valence-corrected chi connectivity index (χ3v) is 4.11. The number of hydrogen-bond donors (Lipinski definition) is 1. The Morgan fingerprint density at radius 1 is 0.913 bits per heavy atom. The molecule has 0 saturated carbocycles. The minimum atomic E-state index is -0.00281. The lowest BCUT2D eigenvalue weighted by Crippen LogP contribution is -2.02. The normalized spacial score (nSPS) is 11.0. The molecule has 1 heterocycles. The number of aromatic nitrogens is 1. The molecule has 0 aliphatic carbocycles. The number of carbonyl (C=O) groups excluding carboxylic acids is 1. The van der Waals surface area contributed by atoms with Crippen LogP contribution < -0.4 is 4.74 Å². The number of fused-ring (bicyclic) bond motifs is 2. The predicted octanol–water partition coefficient (Wildman–Crippen LogP) is 4.56. The van der Waals surface area contributed by atoms with Gasteiger partial charge >= 0.3 is 0 Å². The summed E-state index contributed by atoms with van der Waals surface area (Å²) in [7, 11) is 1.63. The molecular weight excluding hydrogens is 286 g/mol. The summed E-state index contributed by atoms with van der Waals surface area (Å²) in [6.45, 7) is 0. The van der Waals surface area contributed by atoms with Crippen LogP contribution in [0, 0.1) is 0 Å². The van der Waals surface area contributed by atoms with Gasteiger partial charge in [-0.15, -0.1) is 0 Å². The van der Waals surface area contributed by atoms with E-state index in [-0.39, 0.29) is 5.78 Å². The van der Waals surface area contributed by atoms with Gasteiger partial charge in [0.05, 0.1) is 12.8 Å². The van der Waals surface area contributed by atoms with E-state index in [0.29, 0.717) is 11.3 Å². The summed E-state index contributed by atoms with van der Waals surface area (Å²) in [4.78, 5) is 16.1. The molecule has 4 aromatic rings. The smallest absolute Gasteiger partial charge is 0.209 e. The standard InChI is InChI=1S/C20H15NO2/c1-23-15-10-9-14-11-19(21-18(14)12-15)20(22)17-8-4-6-13-5-2-3-7-16(13)17/h2-12,21H,1H3. The van der Waals surface area contributed by atoms with Gasteiger partial charge in [0.1, 0.15) is 5.75 Å². The summed E-state index contributed by atoms with van der Waals surface area (Å²) in [5, 5.41) is 3.03. The second kappa shape index (κ2) is 5.29. The molecule has 0 spiro atoms. The molecule has 0 unspecified atom stereocenters. The number of benzene rings is 3. The van der Waals surface area contributed by atoms with Crippen LogP contribution in [-0.2, 0) is 0 Å². The topological polar surface area (TPSA) is 42.1 Å². The number of nitrogens with one attached hydrogen (secondary N) is 1. The van der Waals surface area contributed by atoms with Gasteiger partial charge in [-0.05, 0) is 29.0 Å². The van der Waals surface area contributed by atoms with E-state index in [0.717, 1.165) is 27.4 Å².